The van der Waals surface area contributed by atoms with Gasteiger partial charge < -0.3 is 9.90 Å². The lowest BCUT2D eigenvalue weighted by Crippen LogP contribution is -2.28. The smallest absolute Gasteiger partial charge is 0.0486 e. The Labute approximate surface area is 90.9 Å². The zero-order chi connectivity index (χ0) is 11.6. The second kappa shape index (κ2) is 4.05. The van der Waals surface area contributed by atoms with E-state index in [0.29, 0.717) is 0 Å². The predicted molar refractivity (Wildman–Crippen MR) is 58.6 cm³/mol. The van der Waals surface area contributed by atoms with E-state index in [9.17, 15) is 9.90 Å². The van der Waals surface area contributed by atoms with Gasteiger partial charge in [-0.2, -0.15) is 0 Å². The molecule has 0 bridgehead atoms. The Kier molecular flexibility index (Phi) is 3.18. The second-order valence-electron chi connectivity index (χ2n) is 4.91. The lowest BCUT2D eigenvalue weighted by Gasteiger charge is -2.20. The van der Waals surface area contributed by atoms with E-state index in [1.165, 1.54) is 5.56 Å². The lowest BCUT2D eigenvalue weighted by atomic mass is 9.86. The van der Waals surface area contributed by atoms with Gasteiger partial charge in [0, 0.05) is 11.9 Å². The Morgan fingerprint density at radius 2 is 1.67 bits per heavy atom. The Morgan fingerprint density at radius 1 is 1.20 bits per heavy atom. The third-order valence-electron chi connectivity index (χ3n) is 2.63. The quantitative estimate of drug-likeness (QED) is 0.739. The molecule has 0 fully saturated rings. The summed E-state index contributed by atoms with van der Waals surface area (Å²) >= 11 is 0. The predicted octanol–water partition coefficient (Wildman–Crippen LogP) is 1.84. The lowest BCUT2D eigenvalue weighted by molar-refractivity contribution is -0.307. The topological polar surface area (TPSA) is 40.1 Å². The molecule has 1 rings (SSSR count). The number of carbonyl (C=O) groups excluding carboxylic acids is 1. The van der Waals surface area contributed by atoms with E-state index in [4.69, 9.17) is 0 Å². The van der Waals surface area contributed by atoms with Crippen LogP contribution in [0.4, 0.5) is 0 Å². The van der Waals surface area contributed by atoms with E-state index in [-0.39, 0.29) is 5.41 Å². The number of hydrogen-bond donors (Lipinski definition) is 0. The van der Waals surface area contributed by atoms with Gasteiger partial charge in [-0.05, 0) is 16.5 Å². The van der Waals surface area contributed by atoms with Gasteiger partial charge in [0.15, 0.2) is 0 Å². The molecule has 1 atom stereocenters. The molecule has 0 saturated carbocycles. The minimum atomic E-state index is -1.03. The van der Waals surface area contributed by atoms with Crippen LogP contribution >= 0.6 is 0 Å². The van der Waals surface area contributed by atoms with Crippen molar-refractivity contribution in [2.45, 2.75) is 39.0 Å². The van der Waals surface area contributed by atoms with E-state index >= 15 is 0 Å². The Hall–Kier alpha value is -1.31. The summed E-state index contributed by atoms with van der Waals surface area (Å²) < 4.78 is 0. The molecule has 1 aromatic carbocycles. The standard InChI is InChI=1S/C13H18O2/c1-9(12(14)15)10-5-7-11(8-6-10)13(2,3)4/h5-9H,1-4H3,(H,14,15)/p-1/t9-/m0/s1. The van der Waals surface area contributed by atoms with Crippen LogP contribution in [0.25, 0.3) is 0 Å². The zero-order valence-corrected chi connectivity index (χ0v) is 9.70. The first-order valence-electron chi connectivity index (χ1n) is 5.13. The van der Waals surface area contributed by atoms with Gasteiger partial charge in [0.1, 0.15) is 0 Å². The highest BCUT2D eigenvalue weighted by molar-refractivity contribution is 5.73. The summed E-state index contributed by atoms with van der Waals surface area (Å²) in [6.45, 7) is 8.03. The molecule has 0 radical (unpaired) electrons. The molecule has 0 heterocycles. The van der Waals surface area contributed by atoms with Gasteiger partial charge in [-0.3, -0.25) is 0 Å². The van der Waals surface area contributed by atoms with Crippen LogP contribution in [0.5, 0.6) is 0 Å². The third-order valence-corrected chi connectivity index (χ3v) is 2.63. The molecule has 15 heavy (non-hydrogen) atoms. The highest BCUT2D eigenvalue weighted by atomic mass is 16.4. The largest absolute Gasteiger partial charge is 0.550 e. The van der Waals surface area contributed by atoms with Gasteiger partial charge in [-0.1, -0.05) is 52.0 Å². The number of rotatable bonds is 2. The fourth-order valence-electron chi connectivity index (χ4n) is 1.41. The Morgan fingerprint density at radius 3 is 2.00 bits per heavy atom. The van der Waals surface area contributed by atoms with E-state index in [1.807, 2.05) is 24.3 Å². The van der Waals surface area contributed by atoms with Crippen molar-refractivity contribution < 1.29 is 9.90 Å². The average Bonchev–Trinajstić information content (AvgIpc) is 2.15. The summed E-state index contributed by atoms with van der Waals surface area (Å²) in [4.78, 5) is 10.7. The zero-order valence-electron chi connectivity index (χ0n) is 9.70. The summed E-state index contributed by atoms with van der Waals surface area (Å²) in [5, 5.41) is 10.7. The van der Waals surface area contributed by atoms with Crippen molar-refractivity contribution in [3.63, 3.8) is 0 Å². The molecule has 82 valence electrons. The van der Waals surface area contributed by atoms with Gasteiger partial charge in [0.2, 0.25) is 0 Å². The first-order chi connectivity index (χ1) is 6.82. The van der Waals surface area contributed by atoms with Crippen LogP contribution in [-0.4, -0.2) is 5.97 Å². The number of carboxylic acids is 1. The highest BCUT2D eigenvalue weighted by Gasteiger charge is 2.14. The first-order valence-corrected chi connectivity index (χ1v) is 5.13. The molecule has 0 amide bonds. The summed E-state index contributed by atoms with van der Waals surface area (Å²) in [6, 6.07) is 7.69. The fraction of sp³-hybridized carbons (Fsp3) is 0.462. The SMILES string of the molecule is C[C@H](C(=O)[O-])c1ccc(C(C)(C)C)cc1. The van der Waals surface area contributed by atoms with Crippen LogP contribution in [0, 0.1) is 0 Å². The molecule has 0 aromatic heterocycles. The van der Waals surface area contributed by atoms with Gasteiger partial charge >= 0.3 is 0 Å². The molecule has 2 nitrogen and oxygen atoms in total. The van der Waals surface area contributed by atoms with E-state index in [0.717, 1.165) is 5.56 Å². The normalized spacial score (nSPS) is 13.6. The highest BCUT2D eigenvalue weighted by Crippen LogP contribution is 2.24. The van der Waals surface area contributed by atoms with E-state index in [2.05, 4.69) is 20.8 Å². The molecule has 0 spiro atoms. The number of benzene rings is 1. The van der Waals surface area contributed by atoms with E-state index in [1.54, 1.807) is 6.92 Å². The van der Waals surface area contributed by atoms with Crippen LogP contribution in [-0.2, 0) is 10.2 Å². The molecular formula is C13H17O2-. The number of hydrogen-bond acceptors (Lipinski definition) is 2. The number of carboxylic acid groups (broad SMARTS) is 1. The third kappa shape index (κ3) is 2.82. The molecule has 0 aliphatic heterocycles. The van der Waals surface area contributed by atoms with Crippen molar-refractivity contribution in [2.75, 3.05) is 0 Å². The fourth-order valence-corrected chi connectivity index (χ4v) is 1.41. The molecular weight excluding hydrogens is 188 g/mol. The number of aliphatic carboxylic acids is 1. The van der Waals surface area contributed by atoms with Gasteiger partial charge in [0.05, 0.1) is 0 Å². The van der Waals surface area contributed by atoms with Crippen molar-refractivity contribution >= 4 is 5.97 Å². The Bertz CT molecular complexity index is 344. The van der Waals surface area contributed by atoms with Gasteiger partial charge in [0.25, 0.3) is 0 Å². The molecule has 0 saturated heterocycles. The molecule has 2 heteroatoms. The maximum Gasteiger partial charge on any atom is 0.0486 e. The van der Waals surface area contributed by atoms with Crippen molar-refractivity contribution in [3.05, 3.63) is 35.4 Å². The first kappa shape index (κ1) is 11.8. The van der Waals surface area contributed by atoms with Crippen molar-refractivity contribution in [1.29, 1.82) is 0 Å². The molecule has 1 aromatic rings. The maximum absolute atomic E-state index is 10.7. The molecule has 0 aliphatic carbocycles. The summed E-state index contributed by atoms with van der Waals surface area (Å²) in [5.41, 5.74) is 2.10. The minimum Gasteiger partial charge on any atom is -0.550 e. The van der Waals surface area contributed by atoms with Crippen molar-refractivity contribution in [3.8, 4) is 0 Å². The minimum absolute atomic E-state index is 0.100. The average molecular weight is 205 g/mol. The van der Waals surface area contributed by atoms with Crippen molar-refractivity contribution in [1.82, 2.24) is 0 Å². The molecule has 0 unspecified atom stereocenters. The maximum atomic E-state index is 10.7. The van der Waals surface area contributed by atoms with Crippen LogP contribution in [0.1, 0.15) is 44.7 Å². The Balaban J connectivity index is 2.95. The van der Waals surface area contributed by atoms with Crippen LogP contribution < -0.4 is 5.11 Å². The second-order valence-corrected chi connectivity index (χ2v) is 4.91. The van der Waals surface area contributed by atoms with Crippen LogP contribution in [0.15, 0.2) is 24.3 Å². The van der Waals surface area contributed by atoms with Crippen molar-refractivity contribution in [2.24, 2.45) is 0 Å². The molecule has 0 aliphatic rings. The monoisotopic (exact) mass is 205 g/mol. The van der Waals surface area contributed by atoms with E-state index < -0.39 is 11.9 Å². The molecule has 0 N–H and O–H groups in total. The van der Waals surface area contributed by atoms with Gasteiger partial charge in [-0.15, -0.1) is 0 Å². The summed E-state index contributed by atoms with van der Waals surface area (Å²) in [7, 11) is 0. The summed E-state index contributed by atoms with van der Waals surface area (Å²) in [6.07, 6.45) is 0. The van der Waals surface area contributed by atoms with Crippen LogP contribution in [0.3, 0.4) is 0 Å². The summed E-state index contributed by atoms with van der Waals surface area (Å²) in [5.74, 6) is -1.57. The number of carbonyl (C=O) groups is 1. The van der Waals surface area contributed by atoms with Gasteiger partial charge in [-0.25, -0.2) is 0 Å². The van der Waals surface area contributed by atoms with Crippen LogP contribution in [0.2, 0.25) is 0 Å².